The third-order valence-corrected chi connectivity index (χ3v) is 4.49. The number of fused-ring (bicyclic) bond motifs is 1. The summed E-state index contributed by atoms with van der Waals surface area (Å²) in [7, 11) is 0. The molecule has 0 saturated carbocycles. The molecule has 0 aliphatic carbocycles. The standard InChI is InChI=1S/C20H17FN6O/c1-4-13-7-11(2)27(25-13)20-14(12(3)28)5-6-19(24-20)26-10-23-17-9-16(22)15(21)8-18(17)26/h1,5-10,12,28H,22H2,2-3H3. The summed E-state index contributed by atoms with van der Waals surface area (Å²) >= 11 is 0. The number of rotatable bonds is 3. The highest BCUT2D eigenvalue weighted by atomic mass is 19.1. The molecule has 1 atom stereocenters. The van der Waals surface area contributed by atoms with E-state index < -0.39 is 11.9 Å². The monoisotopic (exact) mass is 376 g/mol. The van der Waals surface area contributed by atoms with Gasteiger partial charge in [0.25, 0.3) is 0 Å². The lowest BCUT2D eigenvalue weighted by Crippen LogP contribution is -2.11. The zero-order valence-electron chi connectivity index (χ0n) is 15.3. The van der Waals surface area contributed by atoms with Gasteiger partial charge in [0.2, 0.25) is 0 Å². The van der Waals surface area contributed by atoms with E-state index in [0.717, 1.165) is 5.69 Å². The maximum atomic E-state index is 14.0. The van der Waals surface area contributed by atoms with Crippen LogP contribution in [0.1, 0.15) is 30.0 Å². The summed E-state index contributed by atoms with van der Waals surface area (Å²) in [6.45, 7) is 3.49. The van der Waals surface area contributed by atoms with Crippen LogP contribution in [0, 0.1) is 25.1 Å². The van der Waals surface area contributed by atoms with Crippen LogP contribution >= 0.6 is 0 Å². The fourth-order valence-electron chi connectivity index (χ4n) is 3.07. The summed E-state index contributed by atoms with van der Waals surface area (Å²) in [5, 5.41) is 14.5. The molecule has 7 nitrogen and oxygen atoms in total. The lowest BCUT2D eigenvalue weighted by atomic mass is 10.1. The maximum absolute atomic E-state index is 14.0. The molecule has 0 radical (unpaired) electrons. The molecule has 1 aromatic carbocycles. The number of terminal acetylenes is 1. The van der Waals surface area contributed by atoms with Gasteiger partial charge >= 0.3 is 0 Å². The van der Waals surface area contributed by atoms with Crippen LogP contribution in [-0.4, -0.2) is 29.4 Å². The number of aryl methyl sites for hydroxylation is 1. The van der Waals surface area contributed by atoms with Gasteiger partial charge in [-0.2, -0.15) is 5.10 Å². The first-order chi connectivity index (χ1) is 13.4. The van der Waals surface area contributed by atoms with E-state index in [4.69, 9.17) is 12.2 Å². The smallest absolute Gasteiger partial charge is 0.161 e. The van der Waals surface area contributed by atoms with E-state index in [1.807, 2.05) is 6.92 Å². The van der Waals surface area contributed by atoms with Gasteiger partial charge in [-0.1, -0.05) is 0 Å². The number of nitrogen functional groups attached to an aromatic ring is 1. The lowest BCUT2D eigenvalue weighted by molar-refractivity contribution is 0.198. The minimum absolute atomic E-state index is 0.0323. The number of aliphatic hydroxyl groups excluding tert-OH is 1. The number of hydrogen-bond acceptors (Lipinski definition) is 5. The van der Waals surface area contributed by atoms with Crippen molar-refractivity contribution in [1.29, 1.82) is 0 Å². The Kier molecular flexibility index (Phi) is 4.09. The van der Waals surface area contributed by atoms with Crippen LogP contribution in [-0.2, 0) is 0 Å². The second-order valence-electron chi connectivity index (χ2n) is 6.46. The third kappa shape index (κ3) is 2.78. The van der Waals surface area contributed by atoms with Crippen molar-refractivity contribution in [2.45, 2.75) is 20.0 Å². The summed E-state index contributed by atoms with van der Waals surface area (Å²) in [6.07, 6.45) is 6.22. The Labute approximate surface area is 160 Å². The van der Waals surface area contributed by atoms with Crippen LogP contribution in [0.2, 0.25) is 0 Å². The van der Waals surface area contributed by atoms with Gasteiger partial charge in [0.15, 0.2) is 5.82 Å². The zero-order valence-corrected chi connectivity index (χ0v) is 15.3. The second kappa shape index (κ2) is 6.48. The van der Waals surface area contributed by atoms with Gasteiger partial charge < -0.3 is 10.8 Å². The van der Waals surface area contributed by atoms with Gasteiger partial charge in [-0.25, -0.2) is 19.0 Å². The van der Waals surface area contributed by atoms with Crippen molar-refractivity contribution in [2.75, 3.05) is 5.73 Å². The lowest BCUT2D eigenvalue weighted by Gasteiger charge is -2.14. The molecule has 4 aromatic rings. The molecule has 3 N–H and O–H groups in total. The number of aromatic nitrogens is 5. The highest BCUT2D eigenvalue weighted by Crippen LogP contribution is 2.26. The number of pyridine rings is 1. The molecule has 140 valence electrons. The van der Waals surface area contributed by atoms with Crippen LogP contribution in [0.5, 0.6) is 0 Å². The fourth-order valence-corrected chi connectivity index (χ4v) is 3.07. The highest BCUT2D eigenvalue weighted by Gasteiger charge is 2.17. The molecule has 0 saturated heterocycles. The molecule has 0 amide bonds. The Morgan fingerprint density at radius 3 is 2.75 bits per heavy atom. The summed E-state index contributed by atoms with van der Waals surface area (Å²) in [4.78, 5) is 8.93. The number of benzene rings is 1. The first-order valence-electron chi connectivity index (χ1n) is 8.54. The molecule has 1 unspecified atom stereocenters. The summed E-state index contributed by atoms with van der Waals surface area (Å²) in [5.74, 6) is 2.89. The van der Waals surface area contributed by atoms with Crippen molar-refractivity contribution in [2.24, 2.45) is 0 Å². The van der Waals surface area contributed by atoms with Gasteiger partial charge in [-0.15, -0.1) is 6.42 Å². The van der Waals surface area contributed by atoms with E-state index in [9.17, 15) is 9.50 Å². The molecule has 0 spiro atoms. The minimum Gasteiger partial charge on any atom is -0.396 e. The first-order valence-corrected chi connectivity index (χ1v) is 8.54. The number of halogens is 1. The molecule has 8 heteroatoms. The molecular formula is C20H17FN6O. The van der Waals surface area contributed by atoms with Gasteiger partial charge in [0.1, 0.15) is 23.7 Å². The Morgan fingerprint density at radius 1 is 1.29 bits per heavy atom. The second-order valence-corrected chi connectivity index (χ2v) is 6.46. The average molecular weight is 376 g/mol. The quantitative estimate of drug-likeness (QED) is 0.423. The van der Waals surface area contributed by atoms with Crippen LogP contribution in [0.15, 0.2) is 36.7 Å². The van der Waals surface area contributed by atoms with Gasteiger partial charge in [-0.05, 0) is 44.0 Å². The first kappa shape index (κ1) is 17.7. The molecule has 3 heterocycles. The minimum atomic E-state index is -0.772. The summed E-state index contributed by atoms with van der Waals surface area (Å²) in [5.41, 5.74) is 8.55. The molecule has 0 aliphatic heterocycles. The number of imidazole rings is 1. The Hall–Kier alpha value is -3.70. The average Bonchev–Trinajstić information content (AvgIpc) is 3.24. The fraction of sp³-hybridized carbons (Fsp3) is 0.150. The van der Waals surface area contributed by atoms with E-state index in [2.05, 4.69) is 21.0 Å². The molecule has 0 aliphatic rings. The van der Waals surface area contributed by atoms with Crippen LogP contribution < -0.4 is 5.73 Å². The van der Waals surface area contributed by atoms with Crippen molar-refractivity contribution in [1.82, 2.24) is 24.3 Å². The Balaban J connectivity index is 1.94. The van der Waals surface area contributed by atoms with Crippen molar-refractivity contribution >= 4 is 16.7 Å². The molecular weight excluding hydrogens is 359 g/mol. The molecule has 0 bridgehead atoms. The number of nitrogens with zero attached hydrogens (tertiary/aromatic N) is 5. The molecule has 3 aromatic heterocycles. The van der Waals surface area contributed by atoms with E-state index in [1.165, 1.54) is 12.1 Å². The van der Waals surface area contributed by atoms with E-state index in [0.29, 0.717) is 33.9 Å². The van der Waals surface area contributed by atoms with Gasteiger partial charge in [0.05, 0.1) is 22.8 Å². The number of nitrogens with two attached hydrogens (primary N) is 1. The number of anilines is 1. The van der Waals surface area contributed by atoms with Gasteiger partial charge in [-0.3, -0.25) is 4.57 Å². The summed E-state index contributed by atoms with van der Waals surface area (Å²) in [6, 6.07) is 8.02. The van der Waals surface area contributed by atoms with E-state index in [-0.39, 0.29) is 5.69 Å². The molecule has 4 rings (SSSR count). The van der Waals surface area contributed by atoms with Crippen LogP contribution in [0.25, 0.3) is 22.7 Å². The maximum Gasteiger partial charge on any atom is 0.161 e. The van der Waals surface area contributed by atoms with E-state index >= 15 is 0 Å². The Bertz CT molecular complexity index is 1250. The predicted octanol–water partition coefficient (Wildman–Crippen LogP) is 2.67. The van der Waals surface area contributed by atoms with Crippen molar-refractivity contribution in [3.63, 3.8) is 0 Å². The molecule has 28 heavy (non-hydrogen) atoms. The van der Waals surface area contributed by atoms with Crippen molar-refractivity contribution in [3.05, 3.63) is 59.4 Å². The topological polar surface area (TPSA) is 94.8 Å². The van der Waals surface area contributed by atoms with Crippen molar-refractivity contribution < 1.29 is 9.50 Å². The molecule has 0 fully saturated rings. The Morgan fingerprint density at radius 2 is 2.07 bits per heavy atom. The van der Waals surface area contributed by atoms with Gasteiger partial charge in [0, 0.05) is 17.3 Å². The normalized spacial score (nSPS) is 12.2. The number of hydrogen-bond donors (Lipinski definition) is 2. The SMILES string of the molecule is C#Cc1cc(C)n(-c2nc(-n3cnc4cc(N)c(F)cc43)ccc2C(C)O)n1. The zero-order chi connectivity index (χ0) is 20.0. The predicted molar refractivity (Wildman–Crippen MR) is 104 cm³/mol. The number of aliphatic hydroxyl groups is 1. The van der Waals surface area contributed by atoms with Crippen LogP contribution in [0.3, 0.4) is 0 Å². The summed E-state index contributed by atoms with van der Waals surface area (Å²) < 4.78 is 17.2. The van der Waals surface area contributed by atoms with Crippen molar-refractivity contribution in [3.8, 4) is 24.0 Å². The highest BCUT2D eigenvalue weighted by molar-refractivity contribution is 5.80. The largest absolute Gasteiger partial charge is 0.396 e. The van der Waals surface area contributed by atoms with Crippen LogP contribution in [0.4, 0.5) is 10.1 Å². The third-order valence-electron chi connectivity index (χ3n) is 4.49. The van der Waals surface area contributed by atoms with E-state index in [1.54, 1.807) is 40.7 Å².